The summed E-state index contributed by atoms with van der Waals surface area (Å²) in [4.78, 5) is 4.19. The van der Waals surface area contributed by atoms with Gasteiger partial charge in [-0.2, -0.15) is 5.26 Å². The van der Waals surface area contributed by atoms with E-state index in [9.17, 15) is 0 Å². The highest BCUT2D eigenvalue weighted by Crippen LogP contribution is 2.38. The average molecular weight is 249 g/mol. The molecule has 0 aliphatic heterocycles. The lowest BCUT2D eigenvalue weighted by Crippen LogP contribution is -1.94. The summed E-state index contributed by atoms with van der Waals surface area (Å²) in [7, 11) is 3.06. The highest BCUT2D eigenvalue weighted by molar-refractivity contribution is 6.33. The third kappa shape index (κ3) is 1.85. The fourth-order valence-electron chi connectivity index (χ4n) is 1.63. The Morgan fingerprint density at radius 3 is 2.65 bits per heavy atom. The molecule has 17 heavy (non-hydrogen) atoms. The number of hydrogen-bond donors (Lipinski definition) is 0. The van der Waals surface area contributed by atoms with E-state index in [1.54, 1.807) is 18.2 Å². The lowest BCUT2D eigenvalue weighted by atomic mass is 10.1. The van der Waals surface area contributed by atoms with E-state index in [4.69, 9.17) is 26.3 Å². The summed E-state index contributed by atoms with van der Waals surface area (Å²) in [5.74, 6) is 1.04. The minimum absolute atomic E-state index is 0.320. The van der Waals surface area contributed by atoms with Crippen molar-refractivity contribution in [2.45, 2.75) is 0 Å². The Bertz CT molecular complexity index is 620. The van der Waals surface area contributed by atoms with Gasteiger partial charge in [-0.3, -0.25) is 0 Å². The van der Waals surface area contributed by atoms with Gasteiger partial charge in [0.25, 0.3) is 0 Å². The predicted molar refractivity (Wildman–Crippen MR) is 64.6 cm³/mol. The molecule has 1 heterocycles. The maximum Gasteiger partial charge on any atom is 0.147 e. The van der Waals surface area contributed by atoms with Gasteiger partial charge in [0.05, 0.1) is 19.2 Å². The number of ether oxygens (including phenoxy) is 2. The molecule has 1 aromatic carbocycles. The van der Waals surface area contributed by atoms with E-state index in [1.165, 1.54) is 14.2 Å². The van der Waals surface area contributed by atoms with Crippen molar-refractivity contribution in [1.29, 1.82) is 5.26 Å². The van der Waals surface area contributed by atoms with Crippen LogP contribution in [-0.4, -0.2) is 19.2 Å². The van der Waals surface area contributed by atoms with Crippen molar-refractivity contribution in [3.63, 3.8) is 0 Å². The van der Waals surface area contributed by atoms with Gasteiger partial charge in [0.1, 0.15) is 28.8 Å². The second-order valence-corrected chi connectivity index (χ2v) is 3.71. The molecule has 0 aliphatic rings. The number of halogens is 1. The highest BCUT2D eigenvalue weighted by atomic mass is 35.5. The van der Waals surface area contributed by atoms with Crippen LogP contribution in [0.15, 0.2) is 18.2 Å². The van der Waals surface area contributed by atoms with Crippen LogP contribution in [0.4, 0.5) is 0 Å². The van der Waals surface area contributed by atoms with E-state index in [-0.39, 0.29) is 0 Å². The molecule has 0 amide bonds. The molecule has 86 valence electrons. The first kappa shape index (κ1) is 11.5. The molecule has 0 bridgehead atoms. The predicted octanol–water partition coefficient (Wildman–Crippen LogP) is 2.78. The van der Waals surface area contributed by atoms with Crippen LogP contribution in [0.3, 0.4) is 0 Å². The van der Waals surface area contributed by atoms with Crippen molar-refractivity contribution in [2.75, 3.05) is 14.2 Å². The Balaban J connectivity index is 2.87. The number of fused-ring (bicyclic) bond motifs is 1. The summed E-state index contributed by atoms with van der Waals surface area (Å²) in [6.45, 7) is 0. The number of nitriles is 1. The zero-order chi connectivity index (χ0) is 12.4. The van der Waals surface area contributed by atoms with Crippen molar-refractivity contribution in [3.8, 4) is 17.6 Å². The maximum absolute atomic E-state index is 8.83. The Morgan fingerprint density at radius 2 is 2.06 bits per heavy atom. The lowest BCUT2D eigenvalue weighted by molar-refractivity contribution is 0.410. The number of pyridine rings is 1. The Morgan fingerprint density at radius 1 is 1.29 bits per heavy atom. The first-order chi connectivity index (χ1) is 8.21. The van der Waals surface area contributed by atoms with Gasteiger partial charge >= 0.3 is 0 Å². The Kier molecular flexibility index (Phi) is 3.03. The van der Waals surface area contributed by atoms with Gasteiger partial charge in [-0.15, -0.1) is 0 Å². The number of nitrogens with zero attached hydrogens (tertiary/aromatic N) is 2. The average Bonchev–Trinajstić information content (AvgIpc) is 2.37. The van der Waals surface area contributed by atoms with Gasteiger partial charge < -0.3 is 9.47 Å². The molecule has 0 spiro atoms. The smallest absolute Gasteiger partial charge is 0.147 e. The second-order valence-electron chi connectivity index (χ2n) is 3.30. The van der Waals surface area contributed by atoms with E-state index in [0.717, 1.165) is 5.39 Å². The molecule has 0 aliphatic carbocycles. The molecule has 2 rings (SSSR count). The van der Waals surface area contributed by atoms with Crippen molar-refractivity contribution >= 4 is 22.5 Å². The van der Waals surface area contributed by atoms with Crippen molar-refractivity contribution < 1.29 is 9.47 Å². The molecule has 2 aromatic rings. The fraction of sp³-hybridized carbons (Fsp3) is 0.167. The molecule has 0 unspecified atom stereocenters. The number of rotatable bonds is 2. The van der Waals surface area contributed by atoms with Gasteiger partial charge in [0.15, 0.2) is 0 Å². The topological polar surface area (TPSA) is 55.1 Å². The minimum Gasteiger partial charge on any atom is -0.494 e. The molecule has 0 saturated heterocycles. The zero-order valence-corrected chi connectivity index (χ0v) is 10.1. The molecule has 5 heteroatoms. The molecule has 4 nitrogen and oxygen atoms in total. The van der Waals surface area contributed by atoms with E-state index in [2.05, 4.69) is 4.98 Å². The number of methoxy groups -OCH3 is 2. The fourth-order valence-corrected chi connectivity index (χ4v) is 1.91. The Labute approximate surface area is 103 Å². The van der Waals surface area contributed by atoms with Crippen molar-refractivity contribution in [3.05, 3.63) is 28.9 Å². The number of hydrogen-bond acceptors (Lipinski definition) is 4. The molecule has 0 fully saturated rings. The molecular weight excluding hydrogens is 240 g/mol. The monoisotopic (exact) mass is 248 g/mol. The van der Waals surface area contributed by atoms with Gasteiger partial charge in [-0.25, -0.2) is 4.98 Å². The third-order valence-electron chi connectivity index (χ3n) is 2.39. The van der Waals surface area contributed by atoms with Crippen LogP contribution in [0.5, 0.6) is 11.5 Å². The summed E-state index contributed by atoms with van der Waals surface area (Å²) < 4.78 is 10.4. The van der Waals surface area contributed by atoms with Crippen LogP contribution in [0.25, 0.3) is 10.9 Å². The Hall–Kier alpha value is -1.99. The standard InChI is InChI=1S/C12H9ClN2O2/c1-16-10-5-9(13)12(17-2)8-4-3-7(6-14)15-11(8)10/h3-5H,1-2H3. The van der Waals surface area contributed by atoms with Gasteiger partial charge in [-0.1, -0.05) is 11.6 Å². The van der Waals surface area contributed by atoms with Gasteiger partial charge in [-0.05, 0) is 12.1 Å². The van der Waals surface area contributed by atoms with E-state index < -0.39 is 0 Å². The zero-order valence-electron chi connectivity index (χ0n) is 9.32. The van der Waals surface area contributed by atoms with Crippen LogP contribution in [0.2, 0.25) is 5.02 Å². The van der Waals surface area contributed by atoms with Crippen LogP contribution < -0.4 is 9.47 Å². The summed E-state index contributed by atoms with van der Waals surface area (Å²) in [5, 5.41) is 10.00. The van der Waals surface area contributed by atoms with E-state index in [0.29, 0.717) is 27.7 Å². The van der Waals surface area contributed by atoms with E-state index in [1.807, 2.05) is 6.07 Å². The van der Waals surface area contributed by atoms with Crippen LogP contribution in [-0.2, 0) is 0 Å². The van der Waals surface area contributed by atoms with Gasteiger partial charge in [0.2, 0.25) is 0 Å². The van der Waals surface area contributed by atoms with E-state index >= 15 is 0 Å². The molecule has 1 aromatic heterocycles. The number of aromatic nitrogens is 1. The first-order valence-electron chi connectivity index (χ1n) is 4.82. The molecule has 0 N–H and O–H groups in total. The normalized spacial score (nSPS) is 10.0. The largest absolute Gasteiger partial charge is 0.494 e. The maximum atomic E-state index is 8.83. The SMILES string of the molecule is COc1c(Cl)cc(OC)c2nc(C#N)ccc12. The van der Waals surface area contributed by atoms with Crippen molar-refractivity contribution in [1.82, 2.24) is 4.98 Å². The first-order valence-corrected chi connectivity index (χ1v) is 5.20. The summed E-state index contributed by atoms with van der Waals surface area (Å²) in [5.41, 5.74) is 0.882. The number of benzene rings is 1. The molecule has 0 radical (unpaired) electrons. The summed E-state index contributed by atoms with van der Waals surface area (Å²) >= 11 is 6.06. The quantitative estimate of drug-likeness (QED) is 0.820. The second kappa shape index (κ2) is 4.48. The minimum atomic E-state index is 0.320. The third-order valence-corrected chi connectivity index (χ3v) is 2.67. The van der Waals surface area contributed by atoms with Crippen LogP contribution >= 0.6 is 11.6 Å². The van der Waals surface area contributed by atoms with Gasteiger partial charge in [0, 0.05) is 11.5 Å². The van der Waals surface area contributed by atoms with Crippen molar-refractivity contribution in [2.24, 2.45) is 0 Å². The van der Waals surface area contributed by atoms with Crippen LogP contribution in [0.1, 0.15) is 5.69 Å². The molecular formula is C12H9ClN2O2. The summed E-state index contributed by atoms with van der Waals surface area (Å²) in [6, 6.07) is 6.96. The summed E-state index contributed by atoms with van der Waals surface area (Å²) in [6.07, 6.45) is 0. The molecule has 0 saturated carbocycles. The lowest BCUT2D eigenvalue weighted by Gasteiger charge is -2.10. The molecule has 0 atom stereocenters. The van der Waals surface area contributed by atoms with Crippen LogP contribution in [0, 0.1) is 11.3 Å². The highest BCUT2D eigenvalue weighted by Gasteiger charge is 2.13.